The molecule has 0 spiro atoms. The highest BCUT2D eigenvalue weighted by atomic mass is 127. The number of rotatable bonds is 1. The van der Waals surface area contributed by atoms with Gasteiger partial charge in [0.15, 0.2) is 5.82 Å². The van der Waals surface area contributed by atoms with Gasteiger partial charge in [0.2, 0.25) is 0 Å². The summed E-state index contributed by atoms with van der Waals surface area (Å²) in [5.74, 6) is 1.18. The van der Waals surface area contributed by atoms with Crippen molar-refractivity contribution in [3.05, 3.63) is 33.8 Å². The molecule has 2 N–H and O–H groups in total. The van der Waals surface area contributed by atoms with Crippen molar-refractivity contribution in [2.45, 2.75) is 26.2 Å². The van der Waals surface area contributed by atoms with E-state index < -0.39 is 0 Å². The molecular formula is C13H15IN4. The largest absolute Gasteiger partial charge is 0.383 e. The van der Waals surface area contributed by atoms with Crippen molar-refractivity contribution >= 4 is 28.4 Å². The molecule has 5 heteroatoms. The predicted octanol–water partition coefficient (Wildman–Crippen LogP) is 3.02. The number of hydrogen-bond donors (Lipinski definition) is 1. The number of nitrogen functional groups attached to an aromatic ring is 1. The van der Waals surface area contributed by atoms with Crippen molar-refractivity contribution in [2.24, 2.45) is 0 Å². The average Bonchev–Trinajstić information content (AvgIpc) is 2.32. The summed E-state index contributed by atoms with van der Waals surface area (Å²) in [6.07, 6.45) is 3.45. The highest BCUT2D eigenvalue weighted by Crippen LogP contribution is 2.30. The fourth-order valence-corrected chi connectivity index (χ4v) is 2.64. The fourth-order valence-electron chi connectivity index (χ4n) is 1.59. The van der Waals surface area contributed by atoms with Crippen molar-refractivity contribution < 1.29 is 0 Å². The molecule has 94 valence electrons. The maximum atomic E-state index is 5.98. The third kappa shape index (κ3) is 2.60. The zero-order valence-electron chi connectivity index (χ0n) is 10.6. The average molecular weight is 354 g/mol. The minimum Gasteiger partial charge on any atom is -0.383 e. The van der Waals surface area contributed by atoms with Crippen LogP contribution in [0.3, 0.4) is 0 Å². The molecule has 0 saturated carbocycles. The highest BCUT2D eigenvalue weighted by molar-refractivity contribution is 14.1. The normalized spacial score (nSPS) is 11.6. The molecule has 0 saturated heterocycles. The number of nitrogens with two attached hydrogens (primary N) is 1. The molecule has 18 heavy (non-hydrogen) atoms. The Bertz CT molecular complexity index is 561. The Morgan fingerprint density at radius 2 is 1.72 bits per heavy atom. The fraction of sp³-hybridized carbons (Fsp3) is 0.308. The van der Waals surface area contributed by atoms with Gasteiger partial charge in [-0.15, -0.1) is 0 Å². The third-order valence-corrected chi connectivity index (χ3v) is 3.59. The standard InChI is InChI=1S/C13H15IN4/c1-13(2,3)10-9(14)11(15)18-12(17-10)8-4-6-16-7-5-8/h4-7H,1-3H3,(H2,15,17,18). The molecule has 0 aliphatic carbocycles. The van der Waals surface area contributed by atoms with Crippen LogP contribution in [0.2, 0.25) is 0 Å². The smallest absolute Gasteiger partial charge is 0.161 e. The van der Waals surface area contributed by atoms with Gasteiger partial charge in [0.1, 0.15) is 5.82 Å². The lowest BCUT2D eigenvalue weighted by molar-refractivity contribution is 0.564. The van der Waals surface area contributed by atoms with Gasteiger partial charge in [-0.1, -0.05) is 20.8 Å². The number of pyridine rings is 1. The van der Waals surface area contributed by atoms with Crippen molar-refractivity contribution in [1.82, 2.24) is 15.0 Å². The van der Waals surface area contributed by atoms with Gasteiger partial charge in [0.25, 0.3) is 0 Å². The second-order valence-corrected chi connectivity index (χ2v) is 6.16. The molecule has 2 aromatic heterocycles. The zero-order chi connectivity index (χ0) is 13.3. The van der Waals surface area contributed by atoms with Crippen molar-refractivity contribution in [3.8, 4) is 11.4 Å². The van der Waals surface area contributed by atoms with E-state index in [1.54, 1.807) is 12.4 Å². The summed E-state index contributed by atoms with van der Waals surface area (Å²) in [5.41, 5.74) is 7.82. The van der Waals surface area contributed by atoms with Crippen LogP contribution in [0, 0.1) is 3.57 Å². The number of halogens is 1. The van der Waals surface area contributed by atoms with E-state index >= 15 is 0 Å². The highest BCUT2D eigenvalue weighted by Gasteiger charge is 2.22. The van der Waals surface area contributed by atoms with E-state index in [2.05, 4.69) is 58.3 Å². The van der Waals surface area contributed by atoms with Gasteiger partial charge >= 0.3 is 0 Å². The lowest BCUT2D eigenvalue weighted by atomic mass is 9.92. The van der Waals surface area contributed by atoms with E-state index in [-0.39, 0.29) is 5.41 Å². The van der Waals surface area contributed by atoms with Crippen molar-refractivity contribution in [3.63, 3.8) is 0 Å². The van der Waals surface area contributed by atoms with Crippen LogP contribution in [0.1, 0.15) is 26.5 Å². The summed E-state index contributed by atoms with van der Waals surface area (Å²) in [6.45, 7) is 6.35. The Kier molecular flexibility index (Phi) is 3.52. The number of hydrogen-bond acceptors (Lipinski definition) is 4. The van der Waals surface area contributed by atoms with E-state index in [1.807, 2.05) is 12.1 Å². The molecular weight excluding hydrogens is 339 g/mol. The zero-order valence-corrected chi connectivity index (χ0v) is 12.8. The van der Waals surface area contributed by atoms with E-state index in [0.29, 0.717) is 11.6 Å². The van der Waals surface area contributed by atoms with Crippen LogP contribution >= 0.6 is 22.6 Å². The molecule has 0 radical (unpaired) electrons. The van der Waals surface area contributed by atoms with Crippen LogP contribution in [0.25, 0.3) is 11.4 Å². The molecule has 2 rings (SSSR count). The topological polar surface area (TPSA) is 64.7 Å². The maximum absolute atomic E-state index is 5.98. The van der Waals surface area contributed by atoms with Gasteiger partial charge in [-0.2, -0.15) is 0 Å². The number of anilines is 1. The number of aromatic nitrogens is 3. The molecule has 0 bridgehead atoms. The Balaban J connectivity index is 2.62. The summed E-state index contributed by atoms with van der Waals surface area (Å²) >= 11 is 2.20. The Morgan fingerprint density at radius 1 is 1.11 bits per heavy atom. The van der Waals surface area contributed by atoms with Gasteiger partial charge in [-0.05, 0) is 34.7 Å². The second kappa shape index (κ2) is 4.79. The van der Waals surface area contributed by atoms with Crippen molar-refractivity contribution in [1.29, 1.82) is 0 Å². The summed E-state index contributed by atoms with van der Waals surface area (Å²) in [4.78, 5) is 13.0. The van der Waals surface area contributed by atoms with Crippen LogP contribution in [0.15, 0.2) is 24.5 Å². The van der Waals surface area contributed by atoms with E-state index in [9.17, 15) is 0 Å². The summed E-state index contributed by atoms with van der Waals surface area (Å²) < 4.78 is 0.929. The molecule has 2 aromatic rings. The summed E-state index contributed by atoms with van der Waals surface area (Å²) in [5, 5.41) is 0. The van der Waals surface area contributed by atoms with Crippen LogP contribution < -0.4 is 5.73 Å². The summed E-state index contributed by atoms with van der Waals surface area (Å²) in [6, 6.07) is 3.77. The van der Waals surface area contributed by atoms with Crippen LogP contribution in [-0.2, 0) is 5.41 Å². The first-order valence-electron chi connectivity index (χ1n) is 5.63. The third-order valence-electron chi connectivity index (χ3n) is 2.53. The van der Waals surface area contributed by atoms with Gasteiger partial charge < -0.3 is 5.73 Å². The Morgan fingerprint density at radius 3 is 2.28 bits per heavy atom. The first-order chi connectivity index (χ1) is 8.39. The molecule has 0 amide bonds. The molecule has 0 atom stereocenters. The van der Waals surface area contributed by atoms with Crippen LogP contribution in [0.4, 0.5) is 5.82 Å². The number of nitrogens with zero attached hydrogens (tertiary/aromatic N) is 3. The predicted molar refractivity (Wildman–Crippen MR) is 81.1 cm³/mol. The lowest BCUT2D eigenvalue weighted by Crippen LogP contribution is -2.18. The van der Waals surface area contributed by atoms with E-state index in [4.69, 9.17) is 5.73 Å². The van der Waals surface area contributed by atoms with Crippen LogP contribution in [0.5, 0.6) is 0 Å². The molecule has 0 aliphatic heterocycles. The molecule has 0 unspecified atom stereocenters. The first-order valence-corrected chi connectivity index (χ1v) is 6.71. The van der Waals surface area contributed by atoms with Gasteiger partial charge in [-0.25, -0.2) is 9.97 Å². The minimum atomic E-state index is -0.0602. The van der Waals surface area contributed by atoms with Crippen molar-refractivity contribution in [2.75, 3.05) is 5.73 Å². The van der Waals surface area contributed by atoms with E-state index in [1.165, 1.54) is 0 Å². The first kappa shape index (κ1) is 13.2. The second-order valence-electron chi connectivity index (χ2n) is 5.08. The summed E-state index contributed by atoms with van der Waals surface area (Å²) in [7, 11) is 0. The van der Waals surface area contributed by atoms with Crippen LogP contribution in [-0.4, -0.2) is 15.0 Å². The SMILES string of the molecule is CC(C)(C)c1nc(-c2ccncc2)nc(N)c1I. The molecule has 0 fully saturated rings. The maximum Gasteiger partial charge on any atom is 0.161 e. The van der Waals surface area contributed by atoms with E-state index in [0.717, 1.165) is 14.8 Å². The Hall–Kier alpha value is -1.24. The lowest BCUT2D eigenvalue weighted by Gasteiger charge is -2.20. The molecule has 0 aromatic carbocycles. The van der Waals surface area contributed by atoms with Gasteiger partial charge in [0.05, 0.1) is 9.26 Å². The molecule has 2 heterocycles. The van der Waals surface area contributed by atoms with Gasteiger partial charge in [0, 0.05) is 23.4 Å². The molecule has 4 nitrogen and oxygen atoms in total. The quantitative estimate of drug-likeness (QED) is 0.800. The monoisotopic (exact) mass is 354 g/mol. The van der Waals surface area contributed by atoms with Gasteiger partial charge in [-0.3, -0.25) is 4.98 Å². The minimum absolute atomic E-state index is 0.0602. The molecule has 0 aliphatic rings. The Labute approximate surface area is 120 Å².